The number of carbonyl (C=O) groups is 1. The number of hydrogen-bond acceptors (Lipinski definition) is 3. The van der Waals surface area contributed by atoms with Gasteiger partial charge in [0.05, 0.1) is 6.04 Å². The molecule has 1 aromatic rings. The van der Waals surface area contributed by atoms with Gasteiger partial charge < -0.3 is 11.1 Å². The van der Waals surface area contributed by atoms with Gasteiger partial charge in [-0.25, -0.2) is 0 Å². The fourth-order valence-electron chi connectivity index (χ4n) is 1.87. The zero-order valence-corrected chi connectivity index (χ0v) is 10.8. The summed E-state index contributed by atoms with van der Waals surface area (Å²) in [6.45, 7) is 2.26. The monoisotopic (exact) mass is 250 g/mol. The van der Waals surface area contributed by atoms with Gasteiger partial charge in [-0.2, -0.15) is 0 Å². The van der Waals surface area contributed by atoms with Gasteiger partial charge in [-0.05, 0) is 42.7 Å². The lowest BCUT2D eigenvalue weighted by molar-refractivity contribution is -0.122. The Morgan fingerprint density at radius 2 is 2.41 bits per heavy atom. The first-order valence-corrected chi connectivity index (χ1v) is 6.93. The summed E-state index contributed by atoms with van der Waals surface area (Å²) in [6.07, 6.45) is 2.39. The molecule has 0 aromatic heterocycles. The first-order chi connectivity index (χ1) is 8.16. The molecule has 92 valence electrons. The van der Waals surface area contributed by atoms with Gasteiger partial charge in [0.2, 0.25) is 5.91 Å². The second-order valence-corrected chi connectivity index (χ2v) is 5.54. The minimum Gasteiger partial charge on any atom is -0.351 e. The largest absolute Gasteiger partial charge is 0.351 e. The maximum atomic E-state index is 11.4. The molecule has 0 aliphatic carbocycles. The van der Waals surface area contributed by atoms with E-state index in [-0.39, 0.29) is 5.91 Å². The Balaban J connectivity index is 2.00. The highest BCUT2D eigenvalue weighted by atomic mass is 32.2. The Labute approximate surface area is 106 Å². The van der Waals surface area contributed by atoms with Gasteiger partial charge in [0.25, 0.3) is 0 Å². The predicted molar refractivity (Wildman–Crippen MR) is 71.0 cm³/mol. The molecular weight excluding hydrogens is 232 g/mol. The lowest BCUT2D eigenvalue weighted by atomic mass is 10.1. The van der Waals surface area contributed by atoms with Crippen molar-refractivity contribution in [3.05, 3.63) is 29.3 Å². The van der Waals surface area contributed by atoms with Crippen molar-refractivity contribution >= 4 is 17.7 Å². The van der Waals surface area contributed by atoms with E-state index in [4.69, 9.17) is 5.73 Å². The molecule has 0 fully saturated rings. The average molecular weight is 250 g/mol. The van der Waals surface area contributed by atoms with Crippen LogP contribution < -0.4 is 11.1 Å². The third kappa shape index (κ3) is 3.23. The van der Waals surface area contributed by atoms with Gasteiger partial charge >= 0.3 is 0 Å². The third-order valence-electron chi connectivity index (χ3n) is 2.85. The number of nitrogens with one attached hydrogen (secondary N) is 1. The highest BCUT2D eigenvalue weighted by Crippen LogP contribution is 2.30. The number of fused-ring (bicyclic) bond motifs is 1. The first kappa shape index (κ1) is 12.5. The van der Waals surface area contributed by atoms with Gasteiger partial charge in [0, 0.05) is 11.4 Å². The number of nitrogens with two attached hydrogens (primary N) is 1. The fourth-order valence-corrected chi connectivity index (χ4v) is 2.89. The van der Waals surface area contributed by atoms with E-state index in [9.17, 15) is 4.79 Å². The molecular formula is C13H18N2OS. The van der Waals surface area contributed by atoms with Crippen molar-refractivity contribution in [2.45, 2.75) is 37.2 Å². The van der Waals surface area contributed by atoms with E-state index in [0.29, 0.717) is 6.54 Å². The van der Waals surface area contributed by atoms with Crippen LogP contribution in [-0.2, 0) is 17.8 Å². The molecule has 1 unspecified atom stereocenters. The second kappa shape index (κ2) is 5.56. The number of carbonyl (C=O) groups excluding carboxylic acids is 1. The summed E-state index contributed by atoms with van der Waals surface area (Å²) in [6, 6.07) is 6.00. The Morgan fingerprint density at radius 1 is 1.59 bits per heavy atom. The van der Waals surface area contributed by atoms with E-state index in [1.165, 1.54) is 22.6 Å². The minimum absolute atomic E-state index is 0.0999. The molecule has 1 aliphatic heterocycles. The lowest BCUT2D eigenvalue weighted by Crippen LogP contribution is -2.37. The molecule has 1 atom stereocenters. The number of benzene rings is 1. The Bertz CT molecular complexity index is 418. The number of rotatable bonds is 3. The molecule has 1 heterocycles. The molecule has 0 bridgehead atoms. The average Bonchev–Trinajstić information content (AvgIpc) is 2.35. The Kier molecular flexibility index (Phi) is 4.07. The van der Waals surface area contributed by atoms with Crippen LogP contribution in [0.3, 0.4) is 0 Å². The highest BCUT2D eigenvalue weighted by molar-refractivity contribution is 7.99. The van der Waals surface area contributed by atoms with Crippen molar-refractivity contribution in [3.63, 3.8) is 0 Å². The maximum absolute atomic E-state index is 11.4. The standard InChI is InChI=1S/C13H18N2OS/c1-9(14)13(16)15-8-10-4-5-12-11(7-10)3-2-6-17-12/h4-5,7,9H,2-3,6,8,14H2,1H3,(H,15,16). The van der Waals surface area contributed by atoms with Crippen LogP contribution in [0.15, 0.2) is 23.1 Å². The van der Waals surface area contributed by atoms with Gasteiger partial charge in [-0.15, -0.1) is 11.8 Å². The molecule has 0 saturated carbocycles. The Hall–Kier alpha value is -1.00. The smallest absolute Gasteiger partial charge is 0.236 e. The number of amides is 1. The van der Waals surface area contributed by atoms with E-state index in [1.807, 2.05) is 11.8 Å². The minimum atomic E-state index is -0.441. The molecule has 0 spiro atoms. The summed E-state index contributed by atoms with van der Waals surface area (Å²) >= 11 is 1.92. The third-order valence-corrected chi connectivity index (χ3v) is 4.06. The normalized spacial score (nSPS) is 16.1. The van der Waals surface area contributed by atoms with Crippen molar-refractivity contribution in [1.82, 2.24) is 5.32 Å². The number of aryl methyl sites for hydroxylation is 1. The van der Waals surface area contributed by atoms with Crippen molar-refractivity contribution in [1.29, 1.82) is 0 Å². The van der Waals surface area contributed by atoms with Crippen LogP contribution in [0.2, 0.25) is 0 Å². The van der Waals surface area contributed by atoms with E-state index in [0.717, 1.165) is 12.0 Å². The SMILES string of the molecule is CC(N)C(=O)NCc1ccc2c(c1)CCCS2. The molecule has 1 aliphatic rings. The number of thioether (sulfide) groups is 1. The van der Waals surface area contributed by atoms with Crippen LogP contribution in [0.4, 0.5) is 0 Å². The maximum Gasteiger partial charge on any atom is 0.236 e. The molecule has 4 heteroatoms. The van der Waals surface area contributed by atoms with E-state index in [2.05, 4.69) is 23.5 Å². The van der Waals surface area contributed by atoms with Gasteiger partial charge in [0.1, 0.15) is 0 Å². The first-order valence-electron chi connectivity index (χ1n) is 5.94. The molecule has 17 heavy (non-hydrogen) atoms. The summed E-state index contributed by atoms with van der Waals surface area (Å²) in [4.78, 5) is 12.8. The van der Waals surface area contributed by atoms with Crippen LogP contribution in [0.1, 0.15) is 24.5 Å². The van der Waals surface area contributed by atoms with Gasteiger partial charge in [-0.3, -0.25) is 4.79 Å². The molecule has 3 N–H and O–H groups in total. The summed E-state index contributed by atoms with van der Waals surface area (Å²) < 4.78 is 0. The Morgan fingerprint density at radius 3 is 3.18 bits per heavy atom. The van der Waals surface area contributed by atoms with Crippen LogP contribution in [0.5, 0.6) is 0 Å². The van der Waals surface area contributed by atoms with Crippen LogP contribution in [0, 0.1) is 0 Å². The molecule has 3 nitrogen and oxygen atoms in total. The summed E-state index contributed by atoms with van der Waals surface area (Å²) in [5.74, 6) is 1.12. The zero-order valence-electron chi connectivity index (χ0n) is 10.0. The number of hydrogen-bond donors (Lipinski definition) is 2. The zero-order chi connectivity index (χ0) is 12.3. The van der Waals surface area contributed by atoms with E-state index < -0.39 is 6.04 Å². The highest BCUT2D eigenvalue weighted by Gasteiger charge is 2.11. The molecule has 0 saturated heterocycles. The van der Waals surface area contributed by atoms with Crippen molar-refractivity contribution in [3.8, 4) is 0 Å². The molecule has 1 amide bonds. The predicted octanol–water partition coefficient (Wildman–Crippen LogP) is 1.69. The van der Waals surface area contributed by atoms with Gasteiger partial charge in [-0.1, -0.05) is 12.1 Å². The van der Waals surface area contributed by atoms with Crippen molar-refractivity contribution < 1.29 is 4.79 Å². The van der Waals surface area contributed by atoms with Crippen LogP contribution in [-0.4, -0.2) is 17.7 Å². The van der Waals surface area contributed by atoms with Crippen molar-refractivity contribution in [2.24, 2.45) is 5.73 Å². The van der Waals surface area contributed by atoms with Crippen LogP contribution >= 0.6 is 11.8 Å². The molecule has 1 aromatic carbocycles. The van der Waals surface area contributed by atoms with E-state index in [1.54, 1.807) is 6.92 Å². The quantitative estimate of drug-likeness (QED) is 0.858. The van der Waals surface area contributed by atoms with Gasteiger partial charge in [0.15, 0.2) is 0 Å². The summed E-state index contributed by atoms with van der Waals surface area (Å²) in [5.41, 5.74) is 8.06. The topological polar surface area (TPSA) is 55.1 Å². The lowest BCUT2D eigenvalue weighted by Gasteiger charge is -2.16. The summed E-state index contributed by atoms with van der Waals surface area (Å²) in [7, 11) is 0. The fraction of sp³-hybridized carbons (Fsp3) is 0.462. The second-order valence-electron chi connectivity index (χ2n) is 4.40. The molecule has 2 rings (SSSR count). The summed E-state index contributed by atoms with van der Waals surface area (Å²) in [5, 5.41) is 2.83. The van der Waals surface area contributed by atoms with Crippen LogP contribution in [0.25, 0.3) is 0 Å². The molecule has 0 radical (unpaired) electrons. The van der Waals surface area contributed by atoms with E-state index >= 15 is 0 Å². The van der Waals surface area contributed by atoms with Crippen molar-refractivity contribution in [2.75, 3.05) is 5.75 Å².